The maximum absolute atomic E-state index is 13.0. The van der Waals surface area contributed by atoms with Crippen molar-refractivity contribution >= 4 is 10.0 Å². The summed E-state index contributed by atoms with van der Waals surface area (Å²) >= 11 is 0. The lowest BCUT2D eigenvalue weighted by molar-refractivity contribution is 0.460. The number of sulfonamides is 1. The highest BCUT2D eigenvalue weighted by atomic mass is 32.2. The fourth-order valence-electron chi connectivity index (χ4n) is 2.65. The maximum atomic E-state index is 13.0. The molecule has 0 bridgehead atoms. The Labute approximate surface area is 152 Å². The summed E-state index contributed by atoms with van der Waals surface area (Å²) < 4.78 is 39.2. The maximum Gasteiger partial charge on any atom is 0.242 e. The number of aryl methyl sites for hydroxylation is 1. The smallest absolute Gasteiger partial charge is 0.242 e. The van der Waals surface area contributed by atoms with Gasteiger partial charge in [0.25, 0.3) is 0 Å². The van der Waals surface area contributed by atoms with Gasteiger partial charge in [0.1, 0.15) is 5.82 Å². The summed E-state index contributed by atoms with van der Waals surface area (Å²) in [7, 11) is -2.08. The third-order valence-electron chi connectivity index (χ3n) is 4.14. The minimum atomic E-state index is -3.61. The summed E-state index contributed by atoms with van der Waals surface area (Å²) in [6, 6.07) is 16.7. The second-order valence-electron chi connectivity index (χ2n) is 6.03. The van der Waals surface area contributed by atoms with Crippen LogP contribution in [0.3, 0.4) is 0 Å². The highest BCUT2D eigenvalue weighted by Gasteiger charge is 2.20. The van der Waals surface area contributed by atoms with Crippen molar-refractivity contribution in [2.45, 2.75) is 17.7 Å². The van der Waals surface area contributed by atoms with Crippen LogP contribution in [-0.2, 0) is 16.4 Å². The molecule has 3 aromatic rings. The predicted molar refractivity (Wildman–Crippen MR) is 98.6 cm³/mol. The van der Waals surface area contributed by atoms with E-state index >= 15 is 0 Å². The summed E-state index contributed by atoms with van der Waals surface area (Å²) in [6.07, 6.45) is 1.33. The Morgan fingerprint density at radius 1 is 1.08 bits per heavy atom. The van der Waals surface area contributed by atoms with Crippen molar-refractivity contribution in [3.05, 3.63) is 72.2 Å². The number of H-pyrrole nitrogens is 1. The van der Waals surface area contributed by atoms with E-state index in [0.29, 0.717) is 19.4 Å². The second kappa shape index (κ2) is 7.80. The minimum Gasteiger partial charge on any atom is -0.282 e. The zero-order valence-corrected chi connectivity index (χ0v) is 15.2. The van der Waals surface area contributed by atoms with Crippen LogP contribution >= 0.6 is 0 Å². The molecule has 0 unspecified atom stereocenters. The number of aromatic amines is 1. The number of rotatable bonds is 7. The molecule has 0 amide bonds. The average Bonchev–Trinajstić information content (AvgIpc) is 3.11. The minimum absolute atomic E-state index is 0.0919. The lowest BCUT2D eigenvalue weighted by Gasteiger charge is -2.16. The van der Waals surface area contributed by atoms with Crippen LogP contribution in [0.2, 0.25) is 0 Å². The molecule has 0 fully saturated rings. The molecule has 0 radical (unpaired) electrons. The molecule has 0 saturated carbocycles. The summed E-state index contributed by atoms with van der Waals surface area (Å²) in [5, 5.41) is 7.29. The Morgan fingerprint density at radius 3 is 2.46 bits per heavy atom. The van der Waals surface area contributed by atoms with Crippen LogP contribution in [0.25, 0.3) is 11.3 Å². The molecule has 26 heavy (non-hydrogen) atoms. The molecule has 0 saturated heterocycles. The van der Waals surface area contributed by atoms with Crippen LogP contribution in [-0.4, -0.2) is 36.5 Å². The molecule has 1 N–H and O–H groups in total. The summed E-state index contributed by atoms with van der Waals surface area (Å²) in [5.41, 5.74) is 2.86. The van der Waals surface area contributed by atoms with E-state index in [1.165, 1.54) is 23.5 Å². The van der Waals surface area contributed by atoms with Crippen molar-refractivity contribution in [2.75, 3.05) is 13.6 Å². The lowest BCUT2D eigenvalue weighted by atomic mass is 10.1. The van der Waals surface area contributed by atoms with Crippen LogP contribution in [0.4, 0.5) is 4.39 Å². The van der Waals surface area contributed by atoms with Crippen LogP contribution in [0.1, 0.15) is 12.1 Å². The van der Waals surface area contributed by atoms with Gasteiger partial charge in [0.15, 0.2) is 0 Å². The number of hydrogen-bond donors (Lipinski definition) is 1. The van der Waals surface area contributed by atoms with Gasteiger partial charge in [-0.05, 0) is 43.2 Å². The van der Waals surface area contributed by atoms with Crippen LogP contribution in [0, 0.1) is 5.82 Å². The van der Waals surface area contributed by atoms with E-state index < -0.39 is 15.8 Å². The number of nitrogens with one attached hydrogen (secondary N) is 1. The molecule has 7 heteroatoms. The van der Waals surface area contributed by atoms with Gasteiger partial charge < -0.3 is 0 Å². The number of benzene rings is 2. The molecule has 1 heterocycles. The first kappa shape index (κ1) is 18.3. The van der Waals surface area contributed by atoms with Gasteiger partial charge in [-0.2, -0.15) is 5.10 Å². The van der Waals surface area contributed by atoms with E-state index in [-0.39, 0.29) is 4.90 Å². The SMILES string of the molecule is CN(CCCc1cc(-c2ccccc2)n[nH]1)S(=O)(=O)c1ccc(F)cc1. The Kier molecular flexibility index (Phi) is 5.49. The molecule has 0 aliphatic rings. The summed E-state index contributed by atoms with van der Waals surface area (Å²) in [4.78, 5) is 0.0919. The third kappa shape index (κ3) is 4.17. The number of nitrogens with zero attached hydrogens (tertiary/aromatic N) is 2. The summed E-state index contributed by atoms with van der Waals surface area (Å²) in [6.45, 7) is 0.361. The van der Waals surface area contributed by atoms with Gasteiger partial charge in [-0.15, -0.1) is 0 Å². The molecule has 0 aliphatic carbocycles. The first-order chi connectivity index (χ1) is 12.5. The molecule has 2 aromatic carbocycles. The van der Waals surface area contributed by atoms with E-state index in [0.717, 1.165) is 29.1 Å². The van der Waals surface area contributed by atoms with Crippen LogP contribution in [0.15, 0.2) is 65.6 Å². The first-order valence-corrected chi connectivity index (χ1v) is 9.72. The van der Waals surface area contributed by atoms with Crippen molar-refractivity contribution < 1.29 is 12.8 Å². The van der Waals surface area contributed by atoms with Gasteiger partial charge in [0.05, 0.1) is 10.6 Å². The van der Waals surface area contributed by atoms with Crippen molar-refractivity contribution in [2.24, 2.45) is 0 Å². The monoisotopic (exact) mass is 373 g/mol. The second-order valence-corrected chi connectivity index (χ2v) is 8.07. The fraction of sp³-hybridized carbons (Fsp3) is 0.211. The van der Waals surface area contributed by atoms with Crippen molar-refractivity contribution in [3.63, 3.8) is 0 Å². The molecule has 1 aromatic heterocycles. The largest absolute Gasteiger partial charge is 0.282 e. The molecule has 0 aliphatic heterocycles. The zero-order chi connectivity index (χ0) is 18.6. The molecule has 136 valence electrons. The lowest BCUT2D eigenvalue weighted by Crippen LogP contribution is -2.28. The first-order valence-electron chi connectivity index (χ1n) is 8.28. The van der Waals surface area contributed by atoms with Crippen LogP contribution in [0.5, 0.6) is 0 Å². The fourth-order valence-corrected chi connectivity index (χ4v) is 3.85. The van der Waals surface area contributed by atoms with E-state index in [2.05, 4.69) is 10.2 Å². The number of aromatic nitrogens is 2. The molecule has 0 spiro atoms. The Bertz CT molecular complexity index is 954. The summed E-state index contributed by atoms with van der Waals surface area (Å²) in [5.74, 6) is -0.458. The van der Waals surface area contributed by atoms with Gasteiger partial charge in [-0.1, -0.05) is 30.3 Å². The highest BCUT2D eigenvalue weighted by Crippen LogP contribution is 2.18. The molecular weight excluding hydrogens is 353 g/mol. The van der Waals surface area contributed by atoms with Crippen molar-refractivity contribution in [3.8, 4) is 11.3 Å². The molecule has 5 nitrogen and oxygen atoms in total. The van der Waals surface area contributed by atoms with Gasteiger partial charge in [-0.3, -0.25) is 5.10 Å². The van der Waals surface area contributed by atoms with E-state index in [4.69, 9.17) is 0 Å². The number of halogens is 1. The van der Waals surface area contributed by atoms with E-state index in [9.17, 15) is 12.8 Å². The van der Waals surface area contributed by atoms with E-state index in [1.54, 1.807) is 0 Å². The number of hydrogen-bond acceptors (Lipinski definition) is 3. The molecule has 3 rings (SSSR count). The van der Waals surface area contributed by atoms with Gasteiger partial charge in [0, 0.05) is 24.8 Å². The van der Waals surface area contributed by atoms with Crippen molar-refractivity contribution in [1.29, 1.82) is 0 Å². The zero-order valence-electron chi connectivity index (χ0n) is 14.4. The highest BCUT2D eigenvalue weighted by molar-refractivity contribution is 7.89. The third-order valence-corrected chi connectivity index (χ3v) is 6.01. The normalized spacial score (nSPS) is 11.8. The average molecular weight is 373 g/mol. The molecular formula is C19H20FN3O2S. The van der Waals surface area contributed by atoms with E-state index in [1.807, 2.05) is 36.4 Å². The van der Waals surface area contributed by atoms with Crippen LogP contribution < -0.4 is 0 Å². The standard InChI is InChI=1S/C19H20FN3O2S/c1-23(26(24,25)18-11-9-16(20)10-12-18)13-5-8-17-14-19(22-21-17)15-6-3-2-4-7-15/h2-4,6-7,9-12,14H,5,8,13H2,1H3,(H,21,22). The Balaban J connectivity index is 1.58. The van der Waals surface area contributed by atoms with Gasteiger partial charge >= 0.3 is 0 Å². The Hall–Kier alpha value is -2.51. The van der Waals surface area contributed by atoms with Crippen molar-refractivity contribution in [1.82, 2.24) is 14.5 Å². The topological polar surface area (TPSA) is 66.1 Å². The Morgan fingerprint density at radius 2 is 1.77 bits per heavy atom. The quantitative estimate of drug-likeness (QED) is 0.690. The predicted octanol–water partition coefficient (Wildman–Crippen LogP) is 3.47. The molecule has 0 atom stereocenters. The van der Waals surface area contributed by atoms with Gasteiger partial charge in [-0.25, -0.2) is 17.1 Å². The van der Waals surface area contributed by atoms with Gasteiger partial charge in [0.2, 0.25) is 10.0 Å².